The van der Waals surface area contributed by atoms with Gasteiger partial charge in [0, 0.05) is 22.7 Å². The molecular weight excluding hydrogens is 262 g/mol. The standard InChI is InChI=1S/C18H21NS/c1-13-7-3-5-9-17(13)14(2)19-12-16-11-15-8-4-6-10-18(15)20-16/h3-10,14,16,19H,11-12H2,1-2H3. The summed E-state index contributed by atoms with van der Waals surface area (Å²) < 4.78 is 0. The van der Waals surface area contributed by atoms with Gasteiger partial charge in [0.1, 0.15) is 0 Å². The summed E-state index contributed by atoms with van der Waals surface area (Å²) in [7, 11) is 0. The average molecular weight is 283 g/mol. The van der Waals surface area contributed by atoms with Crippen LogP contribution in [0.25, 0.3) is 0 Å². The van der Waals surface area contributed by atoms with Crippen molar-refractivity contribution in [2.24, 2.45) is 0 Å². The van der Waals surface area contributed by atoms with Crippen molar-refractivity contribution in [3.05, 3.63) is 65.2 Å². The lowest BCUT2D eigenvalue weighted by atomic mass is 10.0. The molecule has 104 valence electrons. The van der Waals surface area contributed by atoms with Gasteiger partial charge in [-0.3, -0.25) is 0 Å². The van der Waals surface area contributed by atoms with Crippen molar-refractivity contribution in [1.82, 2.24) is 5.32 Å². The van der Waals surface area contributed by atoms with Gasteiger partial charge in [-0.2, -0.15) is 0 Å². The predicted molar refractivity (Wildman–Crippen MR) is 87.4 cm³/mol. The van der Waals surface area contributed by atoms with Gasteiger partial charge in [-0.15, -0.1) is 11.8 Å². The van der Waals surface area contributed by atoms with Crippen LogP contribution in [-0.4, -0.2) is 11.8 Å². The molecule has 0 saturated carbocycles. The van der Waals surface area contributed by atoms with Gasteiger partial charge in [0.25, 0.3) is 0 Å². The molecule has 20 heavy (non-hydrogen) atoms. The molecule has 0 aliphatic carbocycles. The van der Waals surface area contributed by atoms with E-state index in [-0.39, 0.29) is 0 Å². The SMILES string of the molecule is Cc1ccccc1C(C)NCC1Cc2ccccc2S1. The van der Waals surface area contributed by atoms with Gasteiger partial charge < -0.3 is 5.32 Å². The van der Waals surface area contributed by atoms with Crippen LogP contribution in [0.3, 0.4) is 0 Å². The van der Waals surface area contributed by atoms with E-state index in [0.717, 1.165) is 6.54 Å². The third kappa shape index (κ3) is 2.92. The summed E-state index contributed by atoms with van der Waals surface area (Å²) in [6.45, 7) is 5.51. The Kier molecular flexibility index (Phi) is 4.13. The molecule has 1 aliphatic heterocycles. The first-order valence-corrected chi connectivity index (χ1v) is 8.15. The summed E-state index contributed by atoms with van der Waals surface area (Å²) in [6.07, 6.45) is 1.19. The highest BCUT2D eigenvalue weighted by Crippen LogP contribution is 2.36. The van der Waals surface area contributed by atoms with Crippen LogP contribution >= 0.6 is 11.8 Å². The molecule has 2 unspecified atom stereocenters. The summed E-state index contributed by atoms with van der Waals surface area (Å²) in [6, 6.07) is 17.8. The van der Waals surface area contributed by atoms with E-state index in [0.29, 0.717) is 11.3 Å². The van der Waals surface area contributed by atoms with Crippen LogP contribution in [0.4, 0.5) is 0 Å². The van der Waals surface area contributed by atoms with E-state index in [1.807, 2.05) is 11.8 Å². The molecule has 0 spiro atoms. The fourth-order valence-corrected chi connectivity index (χ4v) is 4.12. The summed E-state index contributed by atoms with van der Waals surface area (Å²) in [5.74, 6) is 0. The molecule has 0 saturated heterocycles. The smallest absolute Gasteiger partial charge is 0.0294 e. The molecule has 1 heterocycles. The van der Waals surface area contributed by atoms with E-state index in [4.69, 9.17) is 0 Å². The quantitative estimate of drug-likeness (QED) is 0.894. The third-order valence-corrected chi connectivity index (χ3v) is 5.34. The average Bonchev–Trinajstić information content (AvgIpc) is 2.88. The lowest BCUT2D eigenvalue weighted by molar-refractivity contribution is 0.565. The van der Waals surface area contributed by atoms with Gasteiger partial charge in [0.15, 0.2) is 0 Å². The van der Waals surface area contributed by atoms with Gasteiger partial charge in [0.05, 0.1) is 0 Å². The van der Waals surface area contributed by atoms with Crippen LogP contribution < -0.4 is 5.32 Å². The maximum absolute atomic E-state index is 3.70. The first-order chi connectivity index (χ1) is 9.74. The lowest BCUT2D eigenvalue weighted by Gasteiger charge is -2.18. The number of aryl methyl sites for hydroxylation is 1. The molecule has 0 radical (unpaired) electrons. The molecule has 2 atom stereocenters. The van der Waals surface area contributed by atoms with E-state index >= 15 is 0 Å². The minimum absolute atomic E-state index is 0.417. The van der Waals surface area contributed by atoms with Gasteiger partial charge in [-0.25, -0.2) is 0 Å². The number of hydrogen-bond donors (Lipinski definition) is 1. The number of fused-ring (bicyclic) bond motifs is 1. The monoisotopic (exact) mass is 283 g/mol. The Bertz CT molecular complexity index is 568. The first kappa shape index (κ1) is 13.7. The van der Waals surface area contributed by atoms with Gasteiger partial charge in [0.2, 0.25) is 0 Å². The van der Waals surface area contributed by atoms with E-state index < -0.39 is 0 Å². The summed E-state index contributed by atoms with van der Waals surface area (Å²) in [4.78, 5) is 1.46. The van der Waals surface area contributed by atoms with Gasteiger partial charge in [-0.1, -0.05) is 42.5 Å². The number of rotatable bonds is 4. The maximum atomic E-state index is 3.70. The topological polar surface area (TPSA) is 12.0 Å². The zero-order valence-electron chi connectivity index (χ0n) is 12.1. The molecule has 1 N–H and O–H groups in total. The van der Waals surface area contributed by atoms with Gasteiger partial charge >= 0.3 is 0 Å². The van der Waals surface area contributed by atoms with Crippen LogP contribution in [0.1, 0.15) is 29.7 Å². The van der Waals surface area contributed by atoms with Crippen LogP contribution in [0.15, 0.2) is 53.4 Å². The number of nitrogens with one attached hydrogen (secondary N) is 1. The number of benzene rings is 2. The van der Waals surface area contributed by atoms with Crippen molar-refractivity contribution >= 4 is 11.8 Å². The second-order valence-corrected chi connectivity index (χ2v) is 6.88. The molecule has 3 rings (SSSR count). The zero-order valence-corrected chi connectivity index (χ0v) is 12.9. The van der Waals surface area contributed by atoms with Gasteiger partial charge in [-0.05, 0) is 43.0 Å². The van der Waals surface area contributed by atoms with E-state index in [1.165, 1.54) is 28.0 Å². The Morgan fingerprint density at radius 2 is 1.90 bits per heavy atom. The highest BCUT2D eigenvalue weighted by molar-refractivity contribution is 8.00. The summed E-state index contributed by atoms with van der Waals surface area (Å²) >= 11 is 2.02. The molecule has 0 fully saturated rings. The second-order valence-electron chi connectivity index (χ2n) is 5.54. The van der Waals surface area contributed by atoms with Crippen LogP contribution in [0, 0.1) is 6.92 Å². The largest absolute Gasteiger partial charge is 0.309 e. The minimum Gasteiger partial charge on any atom is -0.309 e. The fourth-order valence-electron chi connectivity index (χ4n) is 2.86. The second kappa shape index (κ2) is 6.02. The van der Waals surface area contributed by atoms with Crippen molar-refractivity contribution in [1.29, 1.82) is 0 Å². The first-order valence-electron chi connectivity index (χ1n) is 7.27. The van der Waals surface area contributed by atoms with Crippen LogP contribution in [-0.2, 0) is 6.42 Å². The number of thioether (sulfide) groups is 1. The Morgan fingerprint density at radius 3 is 2.70 bits per heavy atom. The Labute approximate surface area is 125 Å². The minimum atomic E-state index is 0.417. The molecule has 1 aliphatic rings. The third-order valence-electron chi connectivity index (χ3n) is 4.02. The molecule has 2 aromatic carbocycles. The lowest BCUT2D eigenvalue weighted by Crippen LogP contribution is -2.27. The maximum Gasteiger partial charge on any atom is 0.0294 e. The van der Waals surface area contributed by atoms with Crippen molar-refractivity contribution in [3.8, 4) is 0 Å². The summed E-state index contributed by atoms with van der Waals surface area (Å²) in [5.41, 5.74) is 4.29. The fraction of sp³-hybridized carbons (Fsp3) is 0.333. The summed E-state index contributed by atoms with van der Waals surface area (Å²) in [5, 5.41) is 4.36. The highest BCUT2D eigenvalue weighted by atomic mass is 32.2. The molecule has 2 heteroatoms. The van der Waals surface area contributed by atoms with E-state index in [9.17, 15) is 0 Å². The predicted octanol–water partition coefficient (Wildman–Crippen LogP) is 4.36. The number of hydrogen-bond acceptors (Lipinski definition) is 2. The van der Waals surface area contributed by atoms with Crippen molar-refractivity contribution in [2.75, 3.05) is 6.54 Å². The van der Waals surface area contributed by atoms with E-state index in [1.54, 1.807) is 0 Å². The highest BCUT2D eigenvalue weighted by Gasteiger charge is 2.22. The Hall–Kier alpha value is -1.25. The molecule has 0 bridgehead atoms. The van der Waals surface area contributed by atoms with Crippen molar-refractivity contribution in [2.45, 2.75) is 36.5 Å². The van der Waals surface area contributed by atoms with Crippen LogP contribution in [0.2, 0.25) is 0 Å². The normalized spacial score (nSPS) is 18.8. The van der Waals surface area contributed by atoms with Crippen molar-refractivity contribution < 1.29 is 0 Å². The molecular formula is C18H21NS. The molecule has 2 aromatic rings. The van der Waals surface area contributed by atoms with Crippen molar-refractivity contribution in [3.63, 3.8) is 0 Å². The molecule has 0 aromatic heterocycles. The molecule has 1 nitrogen and oxygen atoms in total. The van der Waals surface area contributed by atoms with Crippen LogP contribution in [0.5, 0.6) is 0 Å². The Balaban J connectivity index is 1.58. The molecule has 0 amide bonds. The zero-order chi connectivity index (χ0) is 13.9. The van der Waals surface area contributed by atoms with E-state index in [2.05, 4.69) is 67.7 Å². The Morgan fingerprint density at radius 1 is 1.15 bits per heavy atom.